The quantitative estimate of drug-likeness (QED) is 0.914. The van der Waals surface area contributed by atoms with E-state index in [1.54, 1.807) is 6.07 Å². The molecule has 0 radical (unpaired) electrons. The lowest BCUT2D eigenvalue weighted by Crippen LogP contribution is -2.14. The fourth-order valence-electron chi connectivity index (χ4n) is 2.22. The van der Waals surface area contributed by atoms with Gasteiger partial charge in [-0.1, -0.05) is 18.2 Å². The van der Waals surface area contributed by atoms with Crippen LogP contribution in [0.1, 0.15) is 36.6 Å². The molecule has 1 unspecified atom stereocenters. The van der Waals surface area contributed by atoms with Crippen molar-refractivity contribution in [1.29, 1.82) is 0 Å². The fraction of sp³-hybridized carbons (Fsp3) is 0.294. The van der Waals surface area contributed by atoms with Crippen LogP contribution >= 0.6 is 0 Å². The van der Waals surface area contributed by atoms with Gasteiger partial charge in [0, 0.05) is 0 Å². The zero-order chi connectivity index (χ0) is 14.7. The Hall–Kier alpha value is -1.87. The van der Waals surface area contributed by atoms with E-state index in [4.69, 9.17) is 10.5 Å². The monoisotopic (exact) mass is 273 g/mol. The first-order valence-corrected chi connectivity index (χ1v) is 6.75. The third-order valence-electron chi connectivity index (χ3n) is 3.16. The Morgan fingerprint density at radius 1 is 1.10 bits per heavy atom. The predicted octanol–water partition coefficient (Wildman–Crippen LogP) is 3.97. The van der Waals surface area contributed by atoms with Crippen molar-refractivity contribution in [1.82, 2.24) is 0 Å². The first kappa shape index (κ1) is 14.5. The Morgan fingerprint density at radius 2 is 1.85 bits per heavy atom. The summed E-state index contributed by atoms with van der Waals surface area (Å²) in [6.07, 6.45) is 0.119. The van der Waals surface area contributed by atoms with Crippen molar-refractivity contribution in [2.75, 3.05) is 0 Å². The summed E-state index contributed by atoms with van der Waals surface area (Å²) in [5, 5.41) is 0. The number of ether oxygens (including phenoxy) is 1. The minimum absolute atomic E-state index is 0.119. The average molecular weight is 273 g/mol. The molecule has 0 aromatic heterocycles. The number of nitrogens with two attached hydrogens (primary N) is 1. The average Bonchev–Trinajstić information content (AvgIpc) is 2.37. The molecular weight excluding hydrogens is 253 g/mol. The van der Waals surface area contributed by atoms with Crippen LogP contribution in [-0.2, 0) is 0 Å². The van der Waals surface area contributed by atoms with Gasteiger partial charge in [-0.15, -0.1) is 0 Å². The molecule has 2 aromatic carbocycles. The number of aryl methyl sites for hydroxylation is 1. The van der Waals surface area contributed by atoms with Crippen LogP contribution < -0.4 is 10.5 Å². The molecule has 0 heterocycles. The molecule has 0 fully saturated rings. The summed E-state index contributed by atoms with van der Waals surface area (Å²) in [4.78, 5) is 0. The Morgan fingerprint density at radius 3 is 2.50 bits per heavy atom. The van der Waals surface area contributed by atoms with Crippen LogP contribution in [0.15, 0.2) is 42.5 Å². The highest BCUT2D eigenvalue weighted by atomic mass is 19.1. The van der Waals surface area contributed by atoms with E-state index >= 15 is 0 Å². The van der Waals surface area contributed by atoms with Gasteiger partial charge in [-0.05, 0) is 61.7 Å². The van der Waals surface area contributed by atoms with Gasteiger partial charge in [-0.3, -0.25) is 0 Å². The maximum absolute atomic E-state index is 13.2. The van der Waals surface area contributed by atoms with Gasteiger partial charge in [0.05, 0.1) is 12.1 Å². The zero-order valence-corrected chi connectivity index (χ0v) is 12.1. The molecule has 0 spiro atoms. The SMILES string of the molecule is Cc1cc(F)ccc1C(N)c1cccc(OC(C)C)c1. The summed E-state index contributed by atoms with van der Waals surface area (Å²) in [6, 6.07) is 12.1. The summed E-state index contributed by atoms with van der Waals surface area (Å²) >= 11 is 0. The lowest BCUT2D eigenvalue weighted by molar-refractivity contribution is 0.242. The van der Waals surface area contributed by atoms with Gasteiger partial charge < -0.3 is 10.5 Å². The molecule has 3 heteroatoms. The second-order valence-electron chi connectivity index (χ2n) is 5.22. The summed E-state index contributed by atoms with van der Waals surface area (Å²) in [7, 11) is 0. The van der Waals surface area contributed by atoms with Crippen LogP contribution in [0, 0.1) is 12.7 Å². The lowest BCUT2D eigenvalue weighted by Gasteiger charge is -2.17. The van der Waals surface area contributed by atoms with Crippen molar-refractivity contribution >= 4 is 0 Å². The Labute approximate surface area is 119 Å². The summed E-state index contributed by atoms with van der Waals surface area (Å²) < 4.78 is 18.8. The predicted molar refractivity (Wildman–Crippen MR) is 79.4 cm³/mol. The van der Waals surface area contributed by atoms with Crippen molar-refractivity contribution in [3.63, 3.8) is 0 Å². The standard InChI is InChI=1S/C17H20FNO/c1-11(2)20-15-6-4-5-13(10-15)17(19)16-8-7-14(18)9-12(16)3/h4-11,17H,19H2,1-3H3. The summed E-state index contributed by atoms with van der Waals surface area (Å²) in [5.74, 6) is 0.558. The van der Waals surface area contributed by atoms with E-state index in [9.17, 15) is 4.39 Å². The number of rotatable bonds is 4. The first-order valence-electron chi connectivity index (χ1n) is 6.75. The van der Waals surface area contributed by atoms with Gasteiger partial charge in [0.1, 0.15) is 11.6 Å². The van der Waals surface area contributed by atoms with Crippen LogP contribution in [0.2, 0.25) is 0 Å². The molecule has 1 atom stereocenters. The van der Waals surface area contributed by atoms with Crippen LogP contribution in [0.4, 0.5) is 4.39 Å². The van der Waals surface area contributed by atoms with Gasteiger partial charge in [-0.2, -0.15) is 0 Å². The topological polar surface area (TPSA) is 35.2 Å². The van der Waals surface area contributed by atoms with E-state index in [1.165, 1.54) is 12.1 Å². The summed E-state index contributed by atoms with van der Waals surface area (Å²) in [6.45, 7) is 5.83. The van der Waals surface area contributed by atoms with Crippen LogP contribution in [-0.4, -0.2) is 6.10 Å². The highest BCUT2D eigenvalue weighted by Crippen LogP contribution is 2.26. The van der Waals surface area contributed by atoms with Crippen molar-refractivity contribution in [3.8, 4) is 5.75 Å². The fourth-order valence-corrected chi connectivity index (χ4v) is 2.22. The molecule has 0 saturated heterocycles. The Balaban J connectivity index is 2.30. The minimum Gasteiger partial charge on any atom is -0.491 e. The molecule has 0 saturated carbocycles. The zero-order valence-electron chi connectivity index (χ0n) is 12.1. The van der Waals surface area contributed by atoms with E-state index in [0.29, 0.717) is 0 Å². The Kier molecular flexibility index (Phi) is 4.40. The maximum Gasteiger partial charge on any atom is 0.123 e. The highest BCUT2D eigenvalue weighted by Gasteiger charge is 2.13. The molecule has 2 nitrogen and oxygen atoms in total. The number of hydrogen-bond acceptors (Lipinski definition) is 2. The molecule has 2 N–H and O–H groups in total. The largest absolute Gasteiger partial charge is 0.491 e. The minimum atomic E-state index is -0.286. The van der Waals surface area contributed by atoms with Crippen molar-refractivity contribution < 1.29 is 9.13 Å². The first-order chi connectivity index (χ1) is 9.47. The number of halogens is 1. The lowest BCUT2D eigenvalue weighted by atomic mass is 9.95. The van der Waals surface area contributed by atoms with E-state index in [1.807, 2.05) is 45.0 Å². The number of benzene rings is 2. The van der Waals surface area contributed by atoms with Crippen molar-refractivity contribution in [2.24, 2.45) is 5.73 Å². The second kappa shape index (κ2) is 6.06. The molecule has 2 aromatic rings. The van der Waals surface area contributed by atoms with Gasteiger partial charge in [0.25, 0.3) is 0 Å². The molecule has 0 amide bonds. The van der Waals surface area contributed by atoms with Crippen LogP contribution in [0.5, 0.6) is 5.75 Å². The molecule has 106 valence electrons. The van der Waals surface area contributed by atoms with E-state index < -0.39 is 0 Å². The van der Waals surface area contributed by atoms with E-state index in [2.05, 4.69) is 0 Å². The molecule has 20 heavy (non-hydrogen) atoms. The molecule has 0 aliphatic heterocycles. The van der Waals surface area contributed by atoms with E-state index in [0.717, 1.165) is 22.4 Å². The highest BCUT2D eigenvalue weighted by molar-refractivity contribution is 5.39. The Bertz CT molecular complexity index is 595. The smallest absolute Gasteiger partial charge is 0.123 e. The molecule has 0 aliphatic carbocycles. The third kappa shape index (κ3) is 3.36. The van der Waals surface area contributed by atoms with Crippen molar-refractivity contribution in [3.05, 3.63) is 65.0 Å². The van der Waals surface area contributed by atoms with Gasteiger partial charge in [-0.25, -0.2) is 4.39 Å². The molecule has 0 bridgehead atoms. The molecule has 0 aliphatic rings. The number of hydrogen-bond donors (Lipinski definition) is 1. The molecule has 2 rings (SSSR count). The van der Waals surface area contributed by atoms with Crippen LogP contribution in [0.25, 0.3) is 0 Å². The van der Waals surface area contributed by atoms with E-state index in [-0.39, 0.29) is 18.0 Å². The maximum atomic E-state index is 13.2. The second-order valence-corrected chi connectivity index (χ2v) is 5.22. The van der Waals surface area contributed by atoms with Gasteiger partial charge >= 0.3 is 0 Å². The van der Waals surface area contributed by atoms with Crippen LogP contribution in [0.3, 0.4) is 0 Å². The van der Waals surface area contributed by atoms with Gasteiger partial charge in [0.15, 0.2) is 0 Å². The molecular formula is C17H20FNO. The third-order valence-corrected chi connectivity index (χ3v) is 3.16. The summed E-state index contributed by atoms with van der Waals surface area (Å²) in [5.41, 5.74) is 9.02. The normalized spacial score (nSPS) is 12.5. The van der Waals surface area contributed by atoms with Crippen molar-refractivity contribution in [2.45, 2.75) is 32.9 Å². The van der Waals surface area contributed by atoms with Gasteiger partial charge in [0.2, 0.25) is 0 Å².